The number of nitro benzene ring substituents is 1. The molecule has 0 aliphatic rings. The van der Waals surface area contributed by atoms with Crippen LogP contribution in [0.25, 0.3) is 0 Å². The van der Waals surface area contributed by atoms with Crippen LogP contribution < -0.4 is 4.74 Å². The lowest BCUT2D eigenvalue weighted by molar-refractivity contribution is -0.385. The second kappa shape index (κ2) is 7.03. The number of nitrogens with zero attached hydrogens (tertiary/aromatic N) is 1. The molecule has 1 aromatic rings. The predicted molar refractivity (Wildman–Crippen MR) is 75.6 cm³/mol. The number of benzene rings is 1. The van der Waals surface area contributed by atoms with Gasteiger partial charge in [-0.1, -0.05) is 13.8 Å². The van der Waals surface area contributed by atoms with Gasteiger partial charge in [0, 0.05) is 18.7 Å². The summed E-state index contributed by atoms with van der Waals surface area (Å²) in [6, 6.07) is 4.24. The average molecular weight is 297 g/mol. The zero-order valence-corrected chi connectivity index (χ0v) is 12.3. The van der Waals surface area contributed by atoms with Crippen LogP contribution in [0.4, 0.5) is 5.69 Å². The van der Waals surface area contributed by atoms with E-state index < -0.39 is 17.5 Å². The molecule has 0 aromatic heterocycles. The van der Waals surface area contributed by atoms with E-state index in [4.69, 9.17) is 14.6 Å². The number of carboxylic acid groups (broad SMARTS) is 1. The number of methoxy groups -OCH3 is 1. The Labute approximate surface area is 122 Å². The maximum absolute atomic E-state index is 11.1. The first-order valence-electron chi connectivity index (χ1n) is 6.36. The van der Waals surface area contributed by atoms with Crippen LogP contribution in [0, 0.1) is 15.5 Å². The molecule has 0 saturated carbocycles. The molecule has 0 fully saturated rings. The SMILES string of the molecule is COCC(C)(C)Cc1cc(OCC(=O)O)ccc1[N+](=O)[O-]. The van der Waals surface area contributed by atoms with Gasteiger partial charge >= 0.3 is 5.97 Å². The van der Waals surface area contributed by atoms with Crippen LogP contribution in [-0.2, 0) is 16.0 Å². The predicted octanol–water partition coefficient (Wildman–Crippen LogP) is 2.27. The highest BCUT2D eigenvalue weighted by molar-refractivity contribution is 5.68. The van der Waals surface area contributed by atoms with E-state index in [2.05, 4.69) is 0 Å². The number of rotatable bonds is 8. The summed E-state index contributed by atoms with van der Waals surface area (Å²) in [7, 11) is 1.57. The molecule has 0 heterocycles. The van der Waals surface area contributed by atoms with Crippen LogP contribution in [0.2, 0.25) is 0 Å². The molecular formula is C14H19NO6. The Hall–Kier alpha value is -2.15. The minimum absolute atomic E-state index is 0.0122. The van der Waals surface area contributed by atoms with Crippen molar-refractivity contribution < 1.29 is 24.3 Å². The molecule has 1 aromatic carbocycles. The Morgan fingerprint density at radius 2 is 2.10 bits per heavy atom. The smallest absolute Gasteiger partial charge is 0.341 e. The van der Waals surface area contributed by atoms with E-state index in [-0.39, 0.29) is 11.1 Å². The second-order valence-corrected chi connectivity index (χ2v) is 5.50. The molecule has 21 heavy (non-hydrogen) atoms. The number of ether oxygens (including phenoxy) is 2. The van der Waals surface area contributed by atoms with E-state index in [0.29, 0.717) is 24.3 Å². The first kappa shape index (κ1) is 16.9. The Morgan fingerprint density at radius 1 is 1.43 bits per heavy atom. The van der Waals surface area contributed by atoms with E-state index in [0.717, 1.165) is 0 Å². The molecule has 0 atom stereocenters. The lowest BCUT2D eigenvalue weighted by atomic mass is 9.86. The number of carbonyl (C=O) groups is 1. The number of hydrogen-bond donors (Lipinski definition) is 1. The van der Waals surface area contributed by atoms with Crippen molar-refractivity contribution in [2.45, 2.75) is 20.3 Å². The molecule has 0 aliphatic carbocycles. The van der Waals surface area contributed by atoms with E-state index >= 15 is 0 Å². The van der Waals surface area contributed by atoms with Crippen LogP contribution in [0.15, 0.2) is 18.2 Å². The molecule has 0 radical (unpaired) electrons. The highest BCUT2D eigenvalue weighted by Crippen LogP contribution is 2.31. The maximum atomic E-state index is 11.1. The maximum Gasteiger partial charge on any atom is 0.341 e. The molecular weight excluding hydrogens is 278 g/mol. The highest BCUT2D eigenvalue weighted by atomic mass is 16.6. The van der Waals surface area contributed by atoms with Crippen LogP contribution in [0.5, 0.6) is 5.75 Å². The Bertz CT molecular complexity index is 526. The fourth-order valence-electron chi connectivity index (χ4n) is 2.07. The van der Waals surface area contributed by atoms with Gasteiger partial charge in [-0.3, -0.25) is 10.1 Å². The van der Waals surface area contributed by atoms with Gasteiger partial charge in [0.15, 0.2) is 6.61 Å². The molecule has 7 nitrogen and oxygen atoms in total. The van der Waals surface area contributed by atoms with Gasteiger partial charge in [-0.15, -0.1) is 0 Å². The molecule has 7 heteroatoms. The van der Waals surface area contributed by atoms with E-state index in [1.807, 2.05) is 13.8 Å². The van der Waals surface area contributed by atoms with Gasteiger partial charge < -0.3 is 14.6 Å². The van der Waals surface area contributed by atoms with Gasteiger partial charge in [0.1, 0.15) is 5.75 Å². The van der Waals surface area contributed by atoms with Gasteiger partial charge in [0.05, 0.1) is 11.5 Å². The lowest BCUT2D eigenvalue weighted by Gasteiger charge is -2.23. The zero-order valence-electron chi connectivity index (χ0n) is 12.3. The standard InChI is InChI=1S/C14H19NO6/c1-14(2,9-20-3)7-10-6-11(21-8-13(16)17)4-5-12(10)15(18)19/h4-6H,7-9H2,1-3H3,(H,16,17). The fourth-order valence-corrected chi connectivity index (χ4v) is 2.07. The van der Waals surface area contributed by atoms with E-state index in [1.54, 1.807) is 7.11 Å². The van der Waals surface area contributed by atoms with Crippen LogP contribution >= 0.6 is 0 Å². The normalized spacial score (nSPS) is 11.2. The summed E-state index contributed by atoms with van der Waals surface area (Å²) in [5.74, 6) is -0.805. The topological polar surface area (TPSA) is 98.9 Å². The van der Waals surface area contributed by atoms with E-state index in [9.17, 15) is 14.9 Å². The van der Waals surface area contributed by atoms with Gasteiger partial charge in [-0.2, -0.15) is 0 Å². The average Bonchev–Trinajstić information content (AvgIpc) is 2.35. The Kier molecular flexibility index (Phi) is 5.66. The molecule has 0 saturated heterocycles. The molecule has 0 amide bonds. The molecule has 1 rings (SSSR count). The number of nitro groups is 1. The van der Waals surface area contributed by atoms with Crippen molar-refractivity contribution in [3.63, 3.8) is 0 Å². The van der Waals surface area contributed by atoms with Gasteiger partial charge in [0.2, 0.25) is 0 Å². The minimum Gasteiger partial charge on any atom is -0.482 e. The van der Waals surface area contributed by atoms with Gasteiger partial charge in [-0.25, -0.2) is 4.79 Å². The first-order chi connectivity index (χ1) is 9.75. The van der Waals surface area contributed by atoms with Crippen molar-refractivity contribution in [1.82, 2.24) is 0 Å². The van der Waals surface area contributed by atoms with Crippen LogP contribution in [-0.4, -0.2) is 36.3 Å². The quantitative estimate of drug-likeness (QED) is 0.583. The third-order valence-electron chi connectivity index (χ3n) is 2.81. The summed E-state index contributed by atoms with van der Waals surface area (Å²) >= 11 is 0. The van der Waals surface area contributed by atoms with Crippen molar-refractivity contribution in [3.8, 4) is 5.75 Å². The van der Waals surface area contributed by atoms with Crippen molar-refractivity contribution in [2.24, 2.45) is 5.41 Å². The minimum atomic E-state index is -1.10. The third kappa shape index (κ3) is 5.39. The van der Waals surface area contributed by atoms with E-state index in [1.165, 1.54) is 18.2 Å². The molecule has 116 valence electrons. The lowest BCUT2D eigenvalue weighted by Crippen LogP contribution is -2.22. The van der Waals surface area contributed by atoms with Gasteiger partial charge in [0.25, 0.3) is 5.69 Å². The number of aliphatic carboxylic acids is 1. The summed E-state index contributed by atoms with van der Waals surface area (Å²) in [6.45, 7) is 3.83. The fraction of sp³-hybridized carbons (Fsp3) is 0.500. The third-order valence-corrected chi connectivity index (χ3v) is 2.81. The summed E-state index contributed by atoms with van der Waals surface area (Å²) in [5, 5.41) is 19.7. The Balaban J connectivity index is 3.03. The number of hydrogen-bond acceptors (Lipinski definition) is 5. The summed E-state index contributed by atoms with van der Waals surface area (Å²) < 4.78 is 10.2. The molecule has 1 N–H and O–H groups in total. The molecule has 0 spiro atoms. The largest absolute Gasteiger partial charge is 0.482 e. The summed E-state index contributed by atoms with van der Waals surface area (Å²) in [6.07, 6.45) is 0.418. The molecule has 0 unspecified atom stereocenters. The summed E-state index contributed by atoms with van der Waals surface area (Å²) in [4.78, 5) is 21.1. The number of carboxylic acids is 1. The van der Waals surface area contributed by atoms with Crippen molar-refractivity contribution in [1.29, 1.82) is 0 Å². The van der Waals surface area contributed by atoms with Crippen molar-refractivity contribution >= 4 is 11.7 Å². The summed E-state index contributed by atoms with van der Waals surface area (Å²) in [5.41, 5.74) is 0.192. The highest BCUT2D eigenvalue weighted by Gasteiger charge is 2.24. The molecule has 0 aliphatic heterocycles. The zero-order chi connectivity index (χ0) is 16.0. The first-order valence-corrected chi connectivity index (χ1v) is 6.36. The molecule has 0 bridgehead atoms. The second-order valence-electron chi connectivity index (χ2n) is 5.50. The van der Waals surface area contributed by atoms with Crippen LogP contribution in [0.3, 0.4) is 0 Å². The van der Waals surface area contributed by atoms with Gasteiger partial charge in [-0.05, 0) is 24.0 Å². The monoisotopic (exact) mass is 297 g/mol. The van der Waals surface area contributed by atoms with Crippen LogP contribution in [0.1, 0.15) is 19.4 Å². The van der Waals surface area contributed by atoms with Crippen molar-refractivity contribution in [2.75, 3.05) is 20.3 Å². The Morgan fingerprint density at radius 3 is 2.62 bits per heavy atom. The van der Waals surface area contributed by atoms with Crippen molar-refractivity contribution in [3.05, 3.63) is 33.9 Å².